The summed E-state index contributed by atoms with van der Waals surface area (Å²) in [5, 5.41) is 13.1. The van der Waals surface area contributed by atoms with Crippen LogP contribution < -0.4 is 4.90 Å². The number of benzene rings is 1. The number of aromatic nitrogens is 1. The third-order valence-corrected chi connectivity index (χ3v) is 7.52. The molecular formula is C25H29N3O2S. The van der Waals surface area contributed by atoms with Crippen LogP contribution >= 0.6 is 11.3 Å². The smallest absolute Gasteiger partial charge is 0.264 e. The lowest BCUT2D eigenvalue weighted by Gasteiger charge is -2.33. The highest BCUT2D eigenvalue weighted by atomic mass is 32.1. The van der Waals surface area contributed by atoms with Crippen LogP contribution in [0.15, 0.2) is 35.7 Å². The van der Waals surface area contributed by atoms with Crippen molar-refractivity contribution in [2.45, 2.75) is 58.2 Å². The zero-order valence-electron chi connectivity index (χ0n) is 18.2. The van der Waals surface area contributed by atoms with Gasteiger partial charge < -0.3 is 14.9 Å². The number of aliphatic hydroxyl groups is 1. The molecule has 0 radical (unpaired) electrons. The van der Waals surface area contributed by atoms with Crippen LogP contribution in [0.1, 0.15) is 52.0 Å². The minimum absolute atomic E-state index is 0.138. The lowest BCUT2D eigenvalue weighted by atomic mass is 10.0. The second-order valence-corrected chi connectivity index (χ2v) is 9.85. The Kier molecular flexibility index (Phi) is 5.44. The fourth-order valence-corrected chi connectivity index (χ4v) is 5.39. The van der Waals surface area contributed by atoms with E-state index in [1.54, 1.807) is 0 Å². The Hall–Kier alpha value is -2.44. The van der Waals surface area contributed by atoms with E-state index < -0.39 is 0 Å². The topological polar surface area (TPSA) is 56.7 Å². The van der Waals surface area contributed by atoms with E-state index >= 15 is 0 Å². The van der Waals surface area contributed by atoms with E-state index in [0.717, 1.165) is 77.1 Å². The molecule has 2 aliphatic rings. The SMILES string of the molecule is Cc1ccsc1C(=O)N(Cc1cc2cccc(C)c2nc1N1CCC(O)CC1)C1CC1. The average molecular weight is 436 g/mol. The molecule has 1 saturated heterocycles. The van der Waals surface area contributed by atoms with Gasteiger partial charge in [0.25, 0.3) is 5.91 Å². The largest absolute Gasteiger partial charge is 0.393 e. The average Bonchev–Trinajstić information content (AvgIpc) is 3.52. The number of aliphatic hydroxyl groups excluding tert-OH is 1. The number of hydrogen-bond acceptors (Lipinski definition) is 5. The normalized spacial score (nSPS) is 17.3. The number of amides is 1. The molecule has 5 rings (SSSR count). The van der Waals surface area contributed by atoms with Gasteiger partial charge in [-0.05, 0) is 68.2 Å². The van der Waals surface area contributed by atoms with Gasteiger partial charge in [0.05, 0.1) is 16.5 Å². The molecule has 1 aliphatic carbocycles. The Morgan fingerprint density at radius 3 is 2.61 bits per heavy atom. The molecule has 0 bridgehead atoms. The number of fused-ring (bicyclic) bond motifs is 1. The number of hydrogen-bond donors (Lipinski definition) is 1. The maximum absolute atomic E-state index is 13.4. The second-order valence-electron chi connectivity index (χ2n) is 8.93. The molecule has 31 heavy (non-hydrogen) atoms. The Morgan fingerprint density at radius 1 is 1.16 bits per heavy atom. The van der Waals surface area contributed by atoms with E-state index in [1.165, 1.54) is 11.3 Å². The number of carbonyl (C=O) groups is 1. The fraction of sp³-hybridized carbons (Fsp3) is 0.440. The van der Waals surface area contributed by atoms with Crippen molar-refractivity contribution in [3.63, 3.8) is 0 Å². The lowest BCUT2D eigenvalue weighted by Crippen LogP contribution is -2.38. The molecule has 1 N–H and O–H groups in total. The van der Waals surface area contributed by atoms with Crippen molar-refractivity contribution in [1.29, 1.82) is 0 Å². The number of carbonyl (C=O) groups excluding carboxylic acids is 1. The third kappa shape index (κ3) is 4.06. The first kappa shape index (κ1) is 20.5. The molecule has 162 valence electrons. The highest BCUT2D eigenvalue weighted by molar-refractivity contribution is 7.12. The lowest BCUT2D eigenvalue weighted by molar-refractivity contribution is 0.0734. The van der Waals surface area contributed by atoms with Crippen LogP contribution in [0.25, 0.3) is 10.9 Å². The van der Waals surface area contributed by atoms with E-state index in [0.29, 0.717) is 12.6 Å². The number of pyridine rings is 1. The maximum atomic E-state index is 13.4. The summed E-state index contributed by atoms with van der Waals surface area (Å²) in [5.74, 6) is 1.11. The predicted molar refractivity (Wildman–Crippen MR) is 126 cm³/mol. The first-order valence-electron chi connectivity index (χ1n) is 11.2. The monoisotopic (exact) mass is 435 g/mol. The number of anilines is 1. The number of thiophene rings is 1. The third-order valence-electron chi connectivity index (χ3n) is 6.51. The van der Waals surface area contributed by atoms with E-state index in [-0.39, 0.29) is 12.0 Å². The van der Waals surface area contributed by atoms with Gasteiger partial charge in [0.15, 0.2) is 0 Å². The Labute approximate surface area is 187 Å². The van der Waals surface area contributed by atoms with Crippen molar-refractivity contribution in [3.8, 4) is 0 Å². The van der Waals surface area contributed by atoms with Crippen molar-refractivity contribution in [1.82, 2.24) is 9.88 Å². The molecular weight excluding hydrogens is 406 g/mol. The van der Waals surface area contributed by atoms with Crippen LogP contribution in [-0.4, -0.2) is 46.1 Å². The minimum Gasteiger partial charge on any atom is -0.393 e. The van der Waals surface area contributed by atoms with Gasteiger partial charge in [0.2, 0.25) is 0 Å². The molecule has 2 aromatic heterocycles. The Morgan fingerprint density at radius 2 is 1.94 bits per heavy atom. The second kappa shape index (κ2) is 8.24. The van der Waals surface area contributed by atoms with Crippen LogP contribution in [0.3, 0.4) is 0 Å². The number of para-hydroxylation sites is 1. The molecule has 1 aromatic carbocycles. The number of piperidine rings is 1. The molecule has 3 aromatic rings. The molecule has 3 heterocycles. The summed E-state index contributed by atoms with van der Waals surface area (Å²) in [6.07, 6.45) is 3.43. The first-order chi connectivity index (χ1) is 15.0. The molecule has 1 saturated carbocycles. The number of rotatable bonds is 5. The van der Waals surface area contributed by atoms with Gasteiger partial charge in [0, 0.05) is 36.6 Å². The van der Waals surface area contributed by atoms with Gasteiger partial charge in [-0.3, -0.25) is 4.79 Å². The summed E-state index contributed by atoms with van der Waals surface area (Å²) in [5.41, 5.74) is 4.33. The summed E-state index contributed by atoms with van der Waals surface area (Å²) < 4.78 is 0. The van der Waals surface area contributed by atoms with Crippen LogP contribution in [0.4, 0.5) is 5.82 Å². The molecule has 6 heteroatoms. The summed E-state index contributed by atoms with van der Waals surface area (Å²) >= 11 is 1.53. The first-order valence-corrected chi connectivity index (χ1v) is 12.1. The predicted octanol–water partition coefficient (Wildman–Crippen LogP) is 4.68. The maximum Gasteiger partial charge on any atom is 0.264 e. The molecule has 0 spiro atoms. The Bertz CT molecular complexity index is 1110. The number of aryl methyl sites for hydroxylation is 2. The highest BCUT2D eigenvalue weighted by Gasteiger charge is 2.35. The molecule has 1 aliphatic heterocycles. The van der Waals surface area contributed by atoms with Crippen LogP contribution in [-0.2, 0) is 6.54 Å². The van der Waals surface area contributed by atoms with Crippen molar-refractivity contribution in [2.75, 3.05) is 18.0 Å². The van der Waals surface area contributed by atoms with Crippen molar-refractivity contribution in [3.05, 3.63) is 57.3 Å². The van der Waals surface area contributed by atoms with Gasteiger partial charge in [-0.1, -0.05) is 18.2 Å². The van der Waals surface area contributed by atoms with Crippen LogP contribution in [0, 0.1) is 13.8 Å². The zero-order valence-corrected chi connectivity index (χ0v) is 19.0. The van der Waals surface area contributed by atoms with Crippen LogP contribution in [0.2, 0.25) is 0 Å². The molecule has 2 fully saturated rings. The number of nitrogens with zero attached hydrogens (tertiary/aromatic N) is 3. The zero-order chi connectivity index (χ0) is 21.5. The Balaban J connectivity index is 1.54. The summed E-state index contributed by atoms with van der Waals surface area (Å²) in [7, 11) is 0. The quantitative estimate of drug-likeness (QED) is 0.632. The van der Waals surface area contributed by atoms with Gasteiger partial charge in [-0.15, -0.1) is 11.3 Å². The molecule has 1 amide bonds. The van der Waals surface area contributed by atoms with E-state index in [1.807, 2.05) is 18.4 Å². The summed E-state index contributed by atoms with van der Waals surface area (Å²) in [6.45, 7) is 6.27. The van der Waals surface area contributed by atoms with Gasteiger partial charge in [-0.2, -0.15) is 0 Å². The van der Waals surface area contributed by atoms with Crippen molar-refractivity contribution >= 4 is 34.0 Å². The minimum atomic E-state index is -0.228. The van der Waals surface area contributed by atoms with Gasteiger partial charge in [0.1, 0.15) is 5.82 Å². The van der Waals surface area contributed by atoms with Crippen LogP contribution in [0.5, 0.6) is 0 Å². The molecule has 0 unspecified atom stereocenters. The van der Waals surface area contributed by atoms with Crippen molar-refractivity contribution in [2.24, 2.45) is 0 Å². The van der Waals surface area contributed by atoms with E-state index in [4.69, 9.17) is 4.98 Å². The van der Waals surface area contributed by atoms with Crippen molar-refractivity contribution < 1.29 is 9.90 Å². The summed E-state index contributed by atoms with van der Waals surface area (Å²) in [4.78, 5) is 23.7. The fourth-order valence-electron chi connectivity index (χ4n) is 4.51. The standard InChI is InChI=1S/C25H29N3O2S/c1-16-4-3-5-18-14-19(24(26-22(16)18)27-11-8-21(29)9-12-27)15-28(20-6-7-20)25(30)23-17(2)10-13-31-23/h3-5,10,13-14,20-21,29H,6-9,11-12,15H2,1-2H3. The van der Waals surface area contributed by atoms with E-state index in [9.17, 15) is 9.90 Å². The highest BCUT2D eigenvalue weighted by Crippen LogP contribution is 2.35. The van der Waals surface area contributed by atoms with Gasteiger partial charge in [-0.25, -0.2) is 4.98 Å². The molecule has 0 atom stereocenters. The van der Waals surface area contributed by atoms with Gasteiger partial charge >= 0.3 is 0 Å². The summed E-state index contributed by atoms with van der Waals surface area (Å²) in [6, 6.07) is 10.8. The van der Waals surface area contributed by atoms with E-state index in [2.05, 4.69) is 41.0 Å². The molecule has 5 nitrogen and oxygen atoms in total.